The first-order chi connectivity index (χ1) is 12.6. The van der Waals surface area contributed by atoms with E-state index in [9.17, 15) is 4.79 Å². The lowest BCUT2D eigenvalue weighted by Crippen LogP contribution is -2.29. The molecule has 4 heterocycles. The molecule has 0 aliphatic carbocycles. The quantitative estimate of drug-likeness (QED) is 0.703. The van der Waals surface area contributed by atoms with E-state index < -0.39 is 0 Å². The first kappa shape index (κ1) is 16.8. The Hall–Kier alpha value is -2.61. The fraction of sp³-hybridized carbons (Fsp3) is 0.389. The van der Waals surface area contributed by atoms with Crippen molar-refractivity contribution in [3.63, 3.8) is 0 Å². The van der Waals surface area contributed by atoms with E-state index in [1.165, 1.54) is 11.3 Å². The van der Waals surface area contributed by atoms with E-state index in [2.05, 4.69) is 15.1 Å². The fourth-order valence-electron chi connectivity index (χ4n) is 3.43. The monoisotopic (exact) mass is 369 g/mol. The molecule has 134 valence electrons. The average molecular weight is 369 g/mol. The third-order valence-corrected chi connectivity index (χ3v) is 5.28. The van der Waals surface area contributed by atoms with Crippen molar-refractivity contribution in [3.8, 4) is 11.3 Å². The number of aromatic nitrogens is 4. The van der Waals surface area contributed by atoms with Gasteiger partial charge in [-0.2, -0.15) is 0 Å². The summed E-state index contributed by atoms with van der Waals surface area (Å²) in [7, 11) is 0. The van der Waals surface area contributed by atoms with E-state index >= 15 is 0 Å². The van der Waals surface area contributed by atoms with Crippen molar-refractivity contribution in [2.45, 2.75) is 26.7 Å². The Balaban J connectivity index is 1.45. The van der Waals surface area contributed by atoms with Crippen molar-refractivity contribution in [3.05, 3.63) is 46.1 Å². The number of hydrogen-bond acceptors (Lipinski definition) is 7. The normalized spacial score (nSPS) is 17.0. The molecule has 0 radical (unpaired) electrons. The van der Waals surface area contributed by atoms with Crippen LogP contribution in [-0.4, -0.2) is 44.0 Å². The first-order valence-electron chi connectivity index (χ1n) is 8.53. The van der Waals surface area contributed by atoms with Crippen LogP contribution in [0.5, 0.6) is 0 Å². The molecule has 0 bridgehead atoms. The molecule has 3 aromatic heterocycles. The molecule has 1 amide bonds. The van der Waals surface area contributed by atoms with Gasteiger partial charge in [0.1, 0.15) is 11.5 Å². The van der Waals surface area contributed by atoms with Crippen molar-refractivity contribution in [2.75, 3.05) is 13.1 Å². The number of carbonyl (C=O) groups excluding carboxylic acids is 1. The van der Waals surface area contributed by atoms with Crippen LogP contribution >= 0.6 is 11.3 Å². The predicted octanol–water partition coefficient (Wildman–Crippen LogP) is 2.91. The second kappa shape index (κ2) is 6.95. The smallest absolute Gasteiger partial charge is 0.273 e. The molecular formula is C18H19N5O2S. The highest BCUT2D eigenvalue weighted by Gasteiger charge is 2.28. The van der Waals surface area contributed by atoms with Crippen molar-refractivity contribution in [1.82, 2.24) is 25.0 Å². The van der Waals surface area contributed by atoms with Crippen molar-refractivity contribution < 1.29 is 9.32 Å². The van der Waals surface area contributed by atoms with Crippen LogP contribution in [-0.2, 0) is 6.42 Å². The molecule has 0 aromatic carbocycles. The van der Waals surface area contributed by atoms with Crippen LogP contribution in [0.3, 0.4) is 0 Å². The highest BCUT2D eigenvalue weighted by molar-refractivity contribution is 7.07. The summed E-state index contributed by atoms with van der Waals surface area (Å²) < 4.78 is 5.23. The van der Waals surface area contributed by atoms with E-state index in [4.69, 9.17) is 9.51 Å². The second-order valence-electron chi connectivity index (χ2n) is 6.58. The van der Waals surface area contributed by atoms with Gasteiger partial charge in [0.2, 0.25) is 0 Å². The minimum Gasteiger partial charge on any atom is -0.361 e. The molecule has 0 saturated carbocycles. The molecule has 1 saturated heterocycles. The third kappa shape index (κ3) is 3.24. The summed E-state index contributed by atoms with van der Waals surface area (Å²) in [6.07, 6.45) is 5.30. The third-order valence-electron chi connectivity index (χ3n) is 4.70. The number of thiazole rings is 1. The number of nitrogens with zero attached hydrogens (tertiary/aromatic N) is 5. The Morgan fingerprint density at radius 1 is 1.38 bits per heavy atom. The van der Waals surface area contributed by atoms with Gasteiger partial charge < -0.3 is 9.42 Å². The lowest BCUT2D eigenvalue weighted by molar-refractivity contribution is 0.0782. The van der Waals surface area contributed by atoms with Crippen molar-refractivity contribution in [2.24, 2.45) is 5.92 Å². The summed E-state index contributed by atoms with van der Waals surface area (Å²) in [6.45, 7) is 5.27. The minimum absolute atomic E-state index is 0.0179. The maximum atomic E-state index is 12.4. The summed E-state index contributed by atoms with van der Waals surface area (Å²) in [4.78, 5) is 27.5. The molecule has 4 rings (SSSR count). The zero-order chi connectivity index (χ0) is 18.1. The summed E-state index contributed by atoms with van der Waals surface area (Å²) in [6, 6.07) is 0. The number of carbonyl (C=O) groups is 1. The SMILES string of the molecule is Cc1noc(C)c1-c1cncc(C[C@H]2CCN(C(=O)c3cscn3)C2)n1. The van der Waals surface area contributed by atoms with Crippen molar-refractivity contribution >= 4 is 17.2 Å². The van der Waals surface area contributed by atoms with E-state index in [1.807, 2.05) is 18.7 Å². The van der Waals surface area contributed by atoms with Gasteiger partial charge in [-0.15, -0.1) is 11.3 Å². The van der Waals surface area contributed by atoms with Crippen LogP contribution in [0.4, 0.5) is 0 Å². The van der Waals surface area contributed by atoms with Gasteiger partial charge in [-0.25, -0.2) is 9.97 Å². The molecule has 3 aromatic rings. The first-order valence-corrected chi connectivity index (χ1v) is 9.47. The topological polar surface area (TPSA) is 85.0 Å². The van der Waals surface area contributed by atoms with Gasteiger partial charge in [0, 0.05) is 24.7 Å². The van der Waals surface area contributed by atoms with Crippen LogP contribution in [0.2, 0.25) is 0 Å². The molecule has 1 aliphatic rings. The van der Waals surface area contributed by atoms with Gasteiger partial charge in [0.25, 0.3) is 5.91 Å². The Labute approximate surface area is 155 Å². The molecule has 1 fully saturated rings. The highest BCUT2D eigenvalue weighted by Crippen LogP contribution is 2.26. The average Bonchev–Trinajstić information content (AvgIpc) is 3.37. The summed E-state index contributed by atoms with van der Waals surface area (Å²) in [5, 5.41) is 5.79. The van der Waals surface area contributed by atoms with Gasteiger partial charge in [0.05, 0.1) is 34.4 Å². The lowest BCUT2D eigenvalue weighted by atomic mass is 10.0. The Morgan fingerprint density at radius 2 is 2.27 bits per heavy atom. The Morgan fingerprint density at radius 3 is 3.00 bits per heavy atom. The predicted molar refractivity (Wildman–Crippen MR) is 96.8 cm³/mol. The Bertz CT molecular complexity index is 902. The molecule has 8 heteroatoms. The Kier molecular flexibility index (Phi) is 4.50. The molecular weight excluding hydrogens is 350 g/mol. The van der Waals surface area contributed by atoms with E-state index in [0.29, 0.717) is 11.6 Å². The molecule has 7 nitrogen and oxygen atoms in total. The van der Waals surface area contributed by atoms with Crippen LogP contribution in [0.1, 0.15) is 34.1 Å². The zero-order valence-corrected chi connectivity index (χ0v) is 15.5. The van der Waals surface area contributed by atoms with Crippen LogP contribution in [0, 0.1) is 19.8 Å². The second-order valence-corrected chi connectivity index (χ2v) is 7.30. The minimum atomic E-state index is 0.0179. The maximum Gasteiger partial charge on any atom is 0.273 e. The van der Waals surface area contributed by atoms with E-state index in [-0.39, 0.29) is 5.91 Å². The van der Waals surface area contributed by atoms with Crippen molar-refractivity contribution in [1.29, 1.82) is 0 Å². The van der Waals surface area contributed by atoms with Crippen LogP contribution < -0.4 is 0 Å². The van der Waals surface area contributed by atoms with Gasteiger partial charge in [-0.1, -0.05) is 5.16 Å². The van der Waals surface area contributed by atoms with Crippen LogP contribution in [0.25, 0.3) is 11.3 Å². The zero-order valence-electron chi connectivity index (χ0n) is 14.7. The molecule has 0 N–H and O–H groups in total. The van der Waals surface area contributed by atoms with E-state index in [1.54, 1.807) is 23.3 Å². The lowest BCUT2D eigenvalue weighted by Gasteiger charge is -2.15. The number of hydrogen-bond donors (Lipinski definition) is 0. The van der Waals surface area contributed by atoms with Crippen LogP contribution in [0.15, 0.2) is 27.8 Å². The van der Waals surface area contributed by atoms with E-state index in [0.717, 1.165) is 54.3 Å². The number of aryl methyl sites for hydroxylation is 2. The largest absolute Gasteiger partial charge is 0.361 e. The summed E-state index contributed by atoms with van der Waals surface area (Å²) in [5.74, 6) is 1.14. The number of likely N-dealkylation sites (tertiary alicyclic amines) is 1. The van der Waals surface area contributed by atoms with Gasteiger partial charge in [0.15, 0.2) is 0 Å². The highest BCUT2D eigenvalue weighted by atomic mass is 32.1. The number of amides is 1. The fourth-order valence-corrected chi connectivity index (χ4v) is 3.96. The molecule has 1 atom stereocenters. The summed E-state index contributed by atoms with van der Waals surface area (Å²) in [5.41, 5.74) is 5.66. The summed E-state index contributed by atoms with van der Waals surface area (Å²) >= 11 is 1.44. The standard InChI is InChI=1S/C18H19N5O2S/c1-11-17(12(2)25-22-11)15-7-19-6-14(21-15)5-13-3-4-23(8-13)18(24)16-9-26-10-20-16/h6-7,9-10,13H,3-5,8H2,1-2H3/t13-/m1/s1. The molecule has 26 heavy (non-hydrogen) atoms. The van der Waals surface area contributed by atoms with Gasteiger partial charge in [-0.3, -0.25) is 9.78 Å². The molecule has 0 spiro atoms. The number of rotatable bonds is 4. The molecule has 1 aliphatic heterocycles. The maximum absolute atomic E-state index is 12.4. The van der Waals surface area contributed by atoms with Gasteiger partial charge in [-0.05, 0) is 32.6 Å². The molecule has 0 unspecified atom stereocenters. The van der Waals surface area contributed by atoms with Gasteiger partial charge >= 0.3 is 0 Å².